The minimum Gasteiger partial charge on any atom is -0.381 e. The highest BCUT2D eigenvalue weighted by Gasteiger charge is 2.03. The molecule has 19 heavy (non-hydrogen) atoms. The van der Waals surface area contributed by atoms with Gasteiger partial charge in [0.15, 0.2) is 0 Å². The fourth-order valence-electron chi connectivity index (χ4n) is 2.05. The van der Waals surface area contributed by atoms with E-state index < -0.39 is 0 Å². The first-order chi connectivity index (χ1) is 9.20. The number of hydrogen-bond donors (Lipinski definition) is 1. The lowest BCUT2D eigenvalue weighted by atomic mass is 10.1. The largest absolute Gasteiger partial charge is 0.381 e. The van der Waals surface area contributed by atoms with Gasteiger partial charge in [-0.3, -0.25) is 0 Å². The van der Waals surface area contributed by atoms with Crippen LogP contribution in [0.3, 0.4) is 0 Å². The molecule has 1 N–H and O–H groups in total. The number of aryl methyl sites for hydroxylation is 1. The summed E-state index contributed by atoms with van der Waals surface area (Å²) >= 11 is 9.59. The van der Waals surface area contributed by atoms with Crippen LogP contribution in [0.15, 0.2) is 46.9 Å². The van der Waals surface area contributed by atoms with E-state index in [1.807, 2.05) is 18.2 Å². The summed E-state index contributed by atoms with van der Waals surface area (Å²) in [6, 6.07) is 14.3. The second-order valence-corrected chi connectivity index (χ2v) is 5.79. The Kier molecular flexibility index (Phi) is 5.29. The van der Waals surface area contributed by atoms with Gasteiger partial charge in [0.25, 0.3) is 0 Å². The van der Waals surface area contributed by atoms with Crippen molar-refractivity contribution in [2.45, 2.75) is 26.3 Å². The Labute approximate surface area is 128 Å². The van der Waals surface area contributed by atoms with Gasteiger partial charge in [0.05, 0.1) is 0 Å². The molecule has 2 aromatic rings. The number of rotatable bonds is 5. The van der Waals surface area contributed by atoms with Crippen LogP contribution in [-0.2, 0) is 13.0 Å². The molecule has 0 aromatic heterocycles. The third kappa shape index (κ3) is 3.99. The fraction of sp³-hybridized carbons (Fsp3) is 0.250. The van der Waals surface area contributed by atoms with Gasteiger partial charge in [-0.2, -0.15) is 0 Å². The third-order valence-electron chi connectivity index (χ3n) is 3.01. The number of halogens is 2. The van der Waals surface area contributed by atoms with E-state index in [2.05, 4.69) is 52.4 Å². The molecule has 0 saturated heterocycles. The fourth-order valence-corrected chi connectivity index (χ4v) is 2.63. The molecule has 0 fully saturated rings. The van der Waals surface area contributed by atoms with E-state index in [1.54, 1.807) is 0 Å². The molecule has 2 aromatic carbocycles. The van der Waals surface area contributed by atoms with Crippen LogP contribution < -0.4 is 5.32 Å². The highest BCUT2D eigenvalue weighted by molar-refractivity contribution is 9.10. The Balaban J connectivity index is 2.12. The monoisotopic (exact) mass is 337 g/mol. The molecule has 100 valence electrons. The summed E-state index contributed by atoms with van der Waals surface area (Å²) in [6.45, 7) is 2.96. The predicted octanol–water partition coefficient (Wildman–Crippen LogP) is 5.67. The summed E-state index contributed by atoms with van der Waals surface area (Å²) in [4.78, 5) is 0. The smallest absolute Gasteiger partial charge is 0.0412 e. The van der Waals surface area contributed by atoms with Crippen molar-refractivity contribution < 1.29 is 0 Å². The summed E-state index contributed by atoms with van der Waals surface area (Å²) in [6.07, 6.45) is 2.25. The molecule has 0 aliphatic heterocycles. The first-order valence-electron chi connectivity index (χ1n) is 6.46. The highest BCUT2D eigenvalue weighted by atomic mass is 79.9. The summed E-state index contributed by atoms with van der Waals surface area (Å²) in [5.41, 5.74) is 3.73. The van der Waals surface area contributed by atoms with E-state index in [0.29, 0.717) is 0 Å². The summed E-state index contributed by atoms with van der Waals surface area (Å²) in [7, 11) is 0. The lowest BCUT2D eigenvalue weighted by molar-refractivity contribution is 0.919. The first kappa shape index (κ1) is 14.4. The molecule has 0 aliphatic carbocycles. The summed E-state index contributed by atoms with van der Waals surface area (Å²) < 4.78 is 1.08. The normalized spacial score (nSPS) is 10.5. The van der Waals surface area contributed by atoms with E-state index in [-0.39, 0.29) is 0 Å². The molecule has 0 unspecified atom stereocenters. The predicted molar refractivity (Wildman–Crippen MR) is 86.9 cm³/mol. The van der Waals surface area contributed by atoms with Gasteiger partial charge in [-0.15, -0.1) is 0 Å². The molecule has 1 nitrogen and oxygen atoms in total. The summed E-state index contributed by atoms with van der Waals surface area (Å²) in [5.74, 6) is 0. The molecule has 0 atom stereocenters. The molecule has 0 bridgehead atoms. The summed E-state index contributed by atoms with van der Waals surface area (Å²) in [5, 5.41) is 4.26. The number of benzene rings is 2. The molecule has 0 heterocycles. The van der Waals surface area contributed by atoms with Crippen LogP contribution in [0, 0.1) is 0 Å². The Morgan fingerprint density at radius 3 is 2.68 bits per heavy atom. The van der Waals surface area contributed by atoms with E-state index in [0.717, 1.165) is 28.9 Å². The highest BCUT2D eigenvalue weighted by Crippen LogP contribution is 2.23. The molecular weight excluding hydrogens is 322 g/mol. The van der Waals surface area contributed by atoms with Crippen molar-refractivity contribution in [2.24, 2.45) is 0 Å². The van der Waals surface area contributed by atoms with Crippen molar-refractivity contribution in [2.75, 3.05) is 5.32 Å². The third-order valence-corrected chi connectivity index (χ3v) is 4.02. The zero-order valence-electron chi connectivity index (χ0n) is 10.9. The zero-order chi connectivity index (χ0) is 13.7. The van der Waals surface area contributed by atoms with Crippen LogP contribution in [-0.4, -0.2) is 0 Å². The Bertz CT molecular complexity index is 554. The van der Waals surface area contributed by atoms with Gasteiger partial charge < -0.3 is 5.32 Å². The van der Waals surface area contributed by atoms with Gasteiger partial charge in [0, 0.05) is 21.7 Å². The van der Waals surface area contributed by atoms with Gasteiger partial charge in [-0.05, 0) is 41.8 Å². The number of nitrogens with one attached hydrogen (secondary N) is 1. The molecule has 0 spiro atoms. The standard InChI is InChI=1S/C16H17BrClN/c1-2-5-12-6-3-4-7-16(12)19-11-13-10-14(18)8-9-15(13)17/h3-4,6-10,19H,2,5,11H2,1H3. The van der Waals surface area contributed by atoms with Crippen LogP contribution in [0.1, 0.15) is 24.5 Å². The minimum atomic E-state index is 0.766. The average molecular weight is 339 g/mol. The maximum atomic E-state index is 6.03. The van der Waals surface area contributed by atoms with E-state index in [1.165, 1.54) is 16.8 Å². The molecule has 3 heteroatoms. The minimum absolute atomic E-state index is 0.766. The lowest BCUT2D eigenvalue weighted by Gasteiger charge is -2.12. The van der Waals surface area contributed by atoms with Crippen molar-refractivity contribution in [3.8, 4) is 0 Å². The molecule has 0 aliphatic rings. The van der Waals surface area contributed by atoms with Gasteiger partial charge >= 0.3 is 0 Å². The molecule has 2 rings (SSSR count). The first-order valence-corrected chi connectivity index (χ1v) is 7.63. The van der Waals surface area contributed by atoms with Gasteiger partial charge in [0.2, 0.25) is 0 Å². The molecule has 0 amide bonds. The topological polar surface area (TPSA) is 12.0 Å². The van der Waals surface area contributed by atoms with Crippen molar-refractivity contribution in [1.29, 1.82) is 0 Å². The van der Waals surface area contributed by atoms with Crippen LogP contribution in [0.2, 0.25) is 5.02 Å². The Hall–Kier alpha value is -0.990. The number of para-hydroxylation sites is 1. The van der Waals surface area contributed by atoms with Crippen molar-refractivity contribution in [3.63, 3.8) is 0 Å². The van der Waals surface area contributed by atoms with E-state index in [4.69, 9.17) is 11.6 Å². The number of hydrogen-bond acceptors (Lipinski definition) is 1. The maximum Gasteiger partial charge on any atom is 0.0412 e. The van der Waals surface area contributed by atoms with Gasteiger partial charge in [0.1, 0.15) is 0 Å². The lowest BCUT2D eigenvalue weighted by Crippen LogP contribution is -2.03. The second-order valence-electron chi connectivity index (χ2n) is 4.50. The maximum absolute atomic E-state index is 6.03. The van der Waals surface area contributed by atoms with Crippen LogP contribution in [0.5, 0.6) is 0 Å². The number of anilines is 1. The second kappa shape index (κ2) is 6.97. The van der Waals surface area contributed by atoms with Crippen molar-refractivity contribution >= 4 is 33.2 Å². The van der Waals surface area contributed by atoms with Crippen LogP contribution >= 0.6 is 27.5 Å². The Morgan fingerprint density at radius 1 is 1.11 bits per heavy atom. The van der Waals surface area contributed by atoms with Crippen molar-refractivity contribution in [1.82, 2.24) is 0 Å². The van der Waals surface area contributed by atoms with E-state index in [9.17, 15) is 0 Å². The average Bonchev–Trinajstić information content (AvgIpc) is 2.42. The SMILES string of the molecule is CCCc1ccccc1NCc1cc(Cl)ccc1Br. The van der Waals surface area contributed by atoms with Gasteiger partial charge in [-0.1, -0.05) is 59.1 Å². The molecule has 0 saturated carbocycles. The quantitative estimate of drug-likeness (QED) is 0.741. The van der Waals surface area contributed by atoms with Crippen molar-refractivity contribution in [3.05, 3.63) is 63.1 Å². The molecular formula is C16H17BrClN. The van der Waals surface area contributed by atoms with Crippen LogP contribution in [0.4, 0.5) is 5.69 Å². The zero-order valence-corrected chi connectivity index (χ0v) is 13.3. The van der Waals surface area contributed by atoms with Gasteiger partial charge in [-0.25, -0.2) is 0 Å². The van der Waals surface area contributed by atoms with E-state index >= 15 is 0 Å². The van der Waals surface area contributed by atoms with Crippen LogP contribution in [0.25, 0.3) is 0 Å². The Morgan fingerprint density at radius 2 is 1.89 bits per heavy atom. The molecule has 0 radical (unpaired) electrons.